The molecule has 2 nitrogen and oxygen atoms in total. The van der Waals surface area contributed by atoms with Crippen molar-refractivity contribution in [2.45, 2.75) is 12.8 Å². The van der Waals surface area contributed by atoms with Gasteiger partial charge in [-0.25, -0.2) is 0 Å². The Bertz CT molecular complexity index is 654. The summed E-state index contributed by atoms with van der Waals surface area (Å²) < 4.78 is 0. The molecule has 4 heteroatoms. The molecular formula is C14H8Cl2O2. The molecule has 18 heavy (non-hydrogen) atoms. The second-order valence-electron chi connectivity index (χ2n) is 4.28. The lowest BCUT2D eigenvalue weighted by atomic mass is 9.79. The maximum absolute atomic E-state index is 12.4. The average molecular weight is 279 g/mol. The topological polar surface area (TPSA) is 34.1 Å². The minimum absolute atomic E-state index is 0.109. The van der Waals surface area contributed by atoms with Crippen LogP contribution < -0.4 is 0 Å². The number of rotatable bonds is 0. The zero-order valence-electron chi connectivity index (χ0n) is 9.30. The van der Waals surface area contributed by atoms with E-state index in [1.807, 2.05) is 12.2 Å². The third kappa shape index (κ3) is 1.49. The molecule has 0 fully saturated rings. The molecule has 1 aromatic carbocycles. The standard InChI is InChI=1S/C14H8Cl2O2/c15-10-6-5-9-11(12(10)16)14(18)8-4-2-1-3-7(8)13(9)17/h1-2,5-6H,3-4H2. The highest BCUT2D eigenvalue weighted by Gasteiger charge is 2.34. The molecule has 0 aliphatic heterocycles. The molecule has 0 saturated carbocycles. The molecule has 0 N–H and O–H groups in total. The first-order valence-electron chi connectivity index (χ1n) is 5.55. The number of ketones is 2. The molecule has 0 amide bonds. The van der Waals surface area contributed by atoms with Gasteiger partial charge in [0, 0.05) is 16.7 Å². The van der Waals surface area contributed by atoms with E-state index in [-0.39, 0.29) is 22.2 Å². The maximum Gasteiger partial charge on any atom is 0.192 e. The molecule has 0 spiro atoms. The van der Waals surface area contributed by atoms with E-state index < -0.39 is 0 Å². The smallest absolute Gasteiger partial charge is 0.192 e. The Morgan fingerprint density at radius 1 is 0.889 bits per heavy atom. The molecule has 0 saturated heterocycles. The first-order valence-corrected chi connectivity index (χ1v) is 6.31. The van der Waals surface area contributed by atoms with Gasteiger partial charge in [0.1, 0.15) is 0 Å². The number of hydrogen-bond acceptors (Lipinski definition) is 2. The van der Waals surface area contributed by atoms with Gasteiger partial charge >= 0.3 is 0 Å². The molecule has 0 radical (unpaired) electrons. The first kappa shape index (κ1) is 11.7. The van der Waals surface area contributed by atoms with Crippen LogP contribution in [0.1, 0.15) is 33.6 Å². The largest absolute Gasteiger partial charge is 0.289 e. The molecule has 0 heterocycles. The lowest BCUT2D eigenvalue weighted by molar-refractivity contribution is 0.0970. The fourth-order valence-electron chi connectivity index (χ4n) is 2.38. The van der Waals surface area contributed by atoms with Crippen molar-refractivity contribution in [3.8, 4) is 0 Å². The molecule has 0 atom stereocenters. The lowest BCUT2D eigenvalue weighted by Gasteiger charge is -2.23. The van der Waals surface area contributed by atoms with Crippen LogP contribution in [0.25, 0.3) is 0 Å². The van der Waals surface area contributed by atoms with Gasteiger partial charge in [0.25, 0.3) is 0 Å². The average Bonchev–Trinajstić information content (AvgIpc) is 2.39. The van der Waals surface area contributed by atoms with Crippen LogP contribution in [-0.4, -0.2) is 11.6 Å². The van der Waals surface area contributed by atoms with Crippen LogP contribution in [0.4, 0.5) is 0 Å². The van der Waals surface area contributed by atoms with Crippen LogP contribution in [-0.2, 0) is 0 Å². The SMILES string of the molecule is O=C1C2=C(CC=CC2)C(=O)c2c1ccc(Cl)c2Cl. The molecule has 90 valence electrons. The summed E-state index contributed by atoms with van der Waals surface area (Å²) in [4.78, 5) is 24.7. The van der Waals surface area contributed by atoms with Crippen LogP contribution >= 0.6 is 23.2 Å². The predicted octanol–water partition coefficient (Wildman–Crippen LogP) is 4.02. The van der Waals surface area contributed by atoms with Crippen molar-refractivity contribution in [3.05, 3.63) is 56.6 Å². The van der Waals surface area contributed by atoms with Gasteiger partial charge in [0.15, 0.2) is 11.6 Å². The minimum Gasteiger partial charge on any atom is -0.289 e. The van der Waals surface area contributed by atoms with Crippen LogP contribution in [0.5, 0.6) is 0 Å². The molecule has 3 rings (SSSR count). The van der Waals surface area contributed by atoms with E-state index in [4.69, 9.17) is 23.2 Å². The first-order chi connectivity index (χ1) is 8.61. The summed E-state index contributed by atoms with van der Waals surface area (Å²) in [5, 5.41) is 0.473. The third-order valence-electron chi connectivity index (χ3n) is 3.29. The van der Waals surface area contributed by atoms with Gasteiger partial charge in [-0.1, -0.05) is 35.4 Å². The highest BCUT2D eigenvalue weighted by Crippen LogP contribution is 2.38. The Hall–Kier alpha value is -1.38. The van der Waals surface area contributed by atoms with E-state index >= 15 is 0 Å². The van der Waals surface area contributed by atoms with E-state index in [0.717, 1.165) is 0 Å². The normalized spacial score (nSPS) is 17.9. The van der Waals surface area contributed by atoms with Gasteiger partial charge in [-0.3, -0.25) is 9.59 Å². The Morgan fingerprint density at radius 3 is 2.17 bits per heavy atom. The fourth-order valence-corrected chi connectivity index (χ4v) is 2.79. The summed E-state index contributed by atoms with van der Waals surface area (Å²) in [6, 6.07) is 3.13. The van der Waals surface area contributed by atoms with Crippen LogP contribution in [0.15, 0.2) is 35.4 Å². The number of halogens is 2. The van der Waals surface area contributed by atoms with E-state index in [1.54, 1.807) is 12.1 Å². The van der Waals surface area contributed by atoms with Crippen molar-refractivity contribution >= 4 is 34.8 Å². The number of carbonyl (C=O) groups is 2. The second-order valence-corrected chi connectivity index (χ2v) is 5.06. The number of carbonyl (C=O) groups excluding carboxylic acids is 2. The summed E-state index contributed by atoms with van der Waals surface area (Å²) in [6.45, 7) is 0. The summed E-state index contributed by atoms with van der Waals surface area (Å²) in [6.07, 6.45) is 4.81. The fraction of sp³-hybridized carbons (Fsp3) is 0.143. The van der Waals surface area contributed by atoms with Crippen LogP contribution in [0.2, 0.25) is 10.0 Å². The molecule has 2 aliphatic carbocycles. The van der Waals surface area contributed by atoms with Gasteiger partial charge in [-0.05, 0) is 25.0 Å². The third-order valence-corrected chi connectivity index (χ3v) is 4.09. The monoisotopic (exact) mass is 278 g/mol. The molecule has 2 aliphatic rings. The highest BCUT2D eigenvalue weighted by atomic mass is 35.5. The Morgan fingerprint density at radius 2 is 1.50 bits per heavy atom. The van der Waals surface area contributed by atoms with Crippen molar-refractivity contribution in [2.24, 2.45) is 0 Å². The molecule has 1 aromatic rings. The summed E-state index contributed by atoms with van der Waals surface area (Å²) in [7, 11) is 0. The van der Waals surface area contributed by atoms with Crippen molar-refractivity contribution in [3.63, 3.8) is 0 Å². The van der Waals surface area contributed by atoms with Gasteiger partial charge in [0.2, 0.25) is 0 Å². The summed E-state index contributed by atoms with van der Waals surface area (Å²) in [5.41, 5.74) is 1.76. The Labute approximate surface area is 114 Å². The zero-order chi connectivity index (χ0) is 12.9. The van der Waals surface area contributed by atoms with Gasteiger partial charge < -0.3 is 0 Å². The van der Waals surface area contributed by atoms with Crippen molar-refractivity contribution in [2.75, 3.05) is 0 Å². The van der Waals surface area contributed by atoms with Crippen molar-refractivity contribution < 1.29 is 9.59 Å². The van der Waals surface area contributed by atoms with Gasteiger partial charge in [-0.2, -0.15) is 0 Å². The van der Waals surface area contributed by atoms with Crippen molar-refractivity contribution in [1.29, 1.82) is 0 Å². The van der Waals surface area contributed by atoms with Gasteiger partial charge in [-0.15, -0.1) is 0 Å². The number of benzene rings is 1. The zero-order valence-corrected chi connectivity index (χ0v) is 10.8. The minimum atomic E-state index is -0.170. The number of allylic oxidation sites excluding steroid dienone is 4. The lowest BCUT2D eigenvalue weighted by Crippen LogP contribution is -2.23. The van der Waals surface area contributed by atoms with E-state index in [1.165, 1.54) is 0 Å². The Balaban J connectivity index is 2.27. The van der Waals surface area contributed by atoms with E-state index in [9.17, 15) is 9.59 Å². The van der Waals surface area contributed by atoms with Crippen molar-refractivity contribution in [1.82, 2.24) is 0 Å². The molecule has 0 bridgehead atoms. The highest BCUT2D eigenvalue weighted by molar-refractivity contribution is 6.46. The number of hydrogen-bond donors (Lipinski definition) is 0. The quantitative estimate of drug-likeness (QED) is 0.672. The predicted molar refractivity (Wildman–Crippen MR) is 70.5 cm³/mol. The van der Waals surface area contributed by atoms with Crippen LogP contribution in [0, 0.1) is 0 Å². The summed E-state index contributed by atoms with van der Waals surface area (Å²) in [5.74, 6) is -0.279. The number of fused-ring (bicyclic) bond motifs is 1. The van der Waals surface area contributed by atoms with E-state index in [2.05, 4.69) is 0 Å². The molecule has 0 aromatic heterocycles. The summed E-state index contributed by atoms with van der Waals surface area (Å²) >= 11 is 12.0. The Kier molecular flexibility index (Phi) is 2.65. The maximum atomic E-state index is 12.4. The van der Waals surface area contributed by atoms with E-state index in [0.29, 0.717) is 34.6 Å². The number of Topliss-reactive ketones (excluding diaryl/α,β-unsaturated/α-hetero) is 2. The molecule has 0 unspecified atom stereocenters. The van der Waals surface area contributed by atoms with Gasteiger partial charge in [0.05, 0.1) is 15.6 Å². The molecular weight excluding hydrogens is 271 g/mol. The van der Waals surface area contributed by atoms with Crippen LogP contribution in [0.3, 0.4) is 0 Å². The second kappa shape index (κ2) is 4.08.